The van der Waals surface area contributed by atoms with Crippen LogP contribution in [0.2, 0.25) is 4.34 Å². The minimum atomic E-state index is -0.702. The van der Waals surface area contributed by atoms with E-state index in [9.17, 15) is 9.90 Å². The molecule has 0 saturated heterocycles. The van der Waals surface area contributed by atoms with Crippen LogP contribution in [0.4, 0.5) is 5.82 Å². The zero-order chi connectivity index (χ0) is 22.1. The van der Waals surface area contributed by atoms with Crippen molar-refractivity contribution in [1.82, 2.24) is 9.97 Å². The molecule has 0 spiro atoms. The number of thiophene rings is 1. The Kier molecular flexibility index (Phi) is 6.06. The number of ether oxygens (including phenoxy) is 2. The maximum absolute atomic E-state index is 11.3. The lowest BCUT2D eigenvalue weighted by Gasteiger charge is -2.25. The molecule has 0 unspecified atom stereocenters. The Labute approximate surface area is 194 Å². The number of aliphatic carboxylic acids is 1. The lowest BCUT2D eigenvalue weighted by molar-refractivity contribution is -0.142. The van der Waals surface area contributed by atoms with E-state index in [-0.39, 0.29) is 11.8 Å². The second-order valence-electron chi connectivity index (χ2n) is 8.24. The molecule has 2 N–H and O–H groups in total. The number of rotatable bonds is 6. The molecule has 2 aromatic heterocycles. The fourth-order valence-electron chi connectivity index (χ4n) is 4.39. The summed E-state index contributed by atoms with van der Waals surface area (Å²) in [6.45, 7) is 1.86. The third-order valence-electron chi connectivity index (χ3n) is 6.13. The molecular weight excluding hydrogens is 450 g/mol. The Morgan fingerprint density at radius 1 is 1.12 bits per heavy atom. The maximum atomic E-state index is 11.3. The Hall–Kier alpha value is -2.58. The highest BCUT2D eigenvalue weighted by atomic mass is 35.5. The second kappa shape index (κ2) is 9.11. The quantitative estimate of drug-likeness (QED) is 0.512. The Bertz CT molecular complexity index is 1140. The van der Waals surface area contributed by atoms with Gasteiger partial charge in [0.1, 0.15) is 29.7 Å². The highest BCUT2D eigenvalue weighted by Gasteiger charge is 2.29. The summed E-state index contributed by atoms with van der Waals surface area (Å²) in [4.78, 5) is 21.8. The first-order valence-electron chi connectivity index (χ1n) is 10.9. The summed E-state index contributed by atoms with van der Waals surface area (Å²) in [6, 6.07) is 7.94. The van der Waals surface area contributed by atoms with E-state index in [1.807, 2.05) is 18.2 Å². The smallest absolute Gasteiger partial charge is 0.306 e. The van der Waals surface area contributed by atoms with Gasteiger partial charge in [0.25, 0.3) is 0 Å². The van der Waals surface area contributed by atoms with Gasteiger partial charge in [-0.3, -0.25) is 4.79 Å². The molecule has 168 valence electrons. The summed E-state index contributed by atoms with van der Waals surface area (Å²) < 4.78 is 11.9. The largest absolute Gasteiger partial charge is 0.486 e. The van der Waals surface area contributed by atoms with Crippen LogP contribution >= 0.6 is 22.9 Å². The van der Waals surface area contributed by atoms with Gasteiger partial charge >= 0.3 is 5.97 Å². The van der Waals surface area contributed by atoms with Crippen molar-refractivity contribution < 1.29 is 19.4 Å². The van der Waals surface area contributed by atoms with E-state index in [0.717, 1.165) is 58.2 Å². The van der Waals surface area contributed by atoms with Crippen LogP contribution in [0.25, 0.3) is 10.2 Å². The molecule has 0 radical (unpaired) electrons. The van der Waals surface area contributed by atoms with Crippen LogP contribution in [0, 0.1) is 5.92 Å². The Morgan fingerprint density at radius 2 is 1.91 bits per heavy atom. The highest BCUT2D eigenvalue weighted by Crippen LogP contribution is 2.38. The molecule has 0 bridgehead atoms. The molecule has 0 atom stereocenters. The second-order valence-corrected chi connectivity index (χ2v) is 9.90. The van der Waals surface area contributed by atoms with Crippen molar-refractivity contribution in [3.8, 4) is 11.5 Å². The fraction of sp³-hybridized carbons (Fsp3) is 0.435. The lowest BCUT2D eigenvalue weighted by atomic mass is 9.81. The van der Waals surface area contributed by atoms with E-state index in [1.165, 1.54) is 11.3 Å². The Morgan fingerprint density at radius 3 is 2.69 bits per heavy atom. The summed E-state index contributed by atoms with van der Waals surface area (Å²) >= 11 is 7.72. The first kappa shape index (κ1) is 21.3. The molecule has 7 nitrogen and oxygen atoms in total. The van der Waals surface area contributed by atoms with Crippen molar-refractivity contribution >= 4 is 44.9 Å². The van der Waals surface area contributed by atoms with Gasteiger partial charge in [-0.15, -0.1) is 11.3 Å². The summed E-state index contributed by atoms with van der Waals surface area (Å²) in [5.41, 5.74) is 1.16. The molecule has 1 aliphatic carbocycles. The monoisotopic (exact) mass is 473 g/mol. The van der Waals surface area contributed by atoms with Crippen LogP contribution in [0.5, 0.6) is 11.5 Å². The number of carboxylic acid groups (broad SMARTS) is 1. The zero-order valence-corrected chi connectivity index (χ0v) is 19.0. The minimum absolute atomic E-state index is 0.175. The zero-order valence-electron chi connectivity index (χ0n) is 17.5. The molecule has 3 heterocycles. The van der Waals surface area contributed by atoms with Gasteiger partial charge in [-0.25, -0.2) is 9.97 Å². The van der Waals surface area contributed by atoms with Gasteiger partial charge in [0.2, 0.25) is 0 Å². The number of halogens is 1. The number of hydrogen-bond acceptors (Lipinski definition) is 7. The molecule has 1 fully saturated rings. The first-order chi connectivity index (χ1) is 15.6. The van der Waals surface area contributed by atoms with Gasteiger partial charge in [-0.2, -0.15) is 0 Å². The van der Waals surface area contributed by atoms with Crippen molar-refractivity contribution in [3.63, 3.8) is 0 Å². The number of anilines is 1. The van der Waals surface area contributed by atoms with E-state index >= 15 is 0 Å². The van der Waals surface area contributed by atoms with Crippen LogP contribution in [-0.2, 0) is 11.2 Å². The predicted octanol–water partition coefficient (Wildman–Crippen LogP) is 5.13. The van der Waals surface area contributed by atoms with Gasteiger partial charge < -0.3 is 19.9 Å². The van der Waals surface area contributed by atoms with Crippen molar-refractivity contribution in [2.45, 2.75) is 38.0 Å². The summed E-state index contributed by atoms with van der Waals surface area (Å²) in [7, 11) is 0. The SMILES string of the molecule is O=C(O)C1CCC(c2nc(NCCc3ccc4c(c3)OCCO4)c3cc(Cl)sc3n2)CC1. The number of aromatic nitrogens is 2. The van der Waals surface area contributed by atoms with Gasteiger partial charge in [-0.1, -0.05) is 17.7 Å². The van der Waals surface area contributed by atoms with Crippen molar-refractivity contribution in [2.24, 2.45) is 5.92 Å². The van der Waals surface area contributed by atoms with Gasteiger partial charge in [-0.05, 0) is 55.9 Å². The molecule has 1 aromatic carbocycles. The molecule has 0 amide bonds. The number of carbonyl (C=O) groups is 1. The van der Waals surface area contributed by atoms with Crippen LogP contribution in [0.15, 0.2) is 24.3 Å². The number of hydrogen-bond donors (Lipinski definition) is 2. The van der Waals surface area contributed by atoms with Gasteiger partial charge in [0.05, 0.1) is 15.6 Å². The van der Waals surface area contributed by atoms with E-state index in [1.54, 1.807) is 0 Å². The number of carboxylic acids is 1. The Balaban J connectivity index is 1.31. The van der Waals surface area contributed by atoms with E-state index in [0.29, 0.717) is 36.9 Å². The van der Waals surface area contributed by atoms with E-state index in [2.05, 4.69) is 11.4 Å². The van der Waals surface area contributed by atoms with Gasteiger partial charge in [0, 0.05) is 12.5 Å². The molecule has 2 aliphatic rings. The molecule has 1 aliphatic heterocycles. The molecule has 3 aromatic rings. The topological polar surface area (TPSA) is 93.6 Å². The van der Waals surface area contributed by atoms with Crippen LogP contribution < -0.4 is 14.8 Å². The van der Waals surface area contributed by atoms with Crippen LogP contribution in [0.3, 0.4) is 0 Å². The number of nitrogens with zero attached hydrogens (tertiary/aromatic N) is 2. The summed E-state index contributed by atoms with van der Waals surface area (Å²) in [5.74, 6) is 2.37. The third kappa shape index (κ3) is 4.47. The summed E-state index contributed by atoms with van der Waals surface area (Å²) in [5, 5.41) is 13.7. The lowest BCUT2D eigenvalue weighted by Crippen LogP contribution is -2.21. The van der Waals surface area contributed by atoms with E-state index < -0.39 is 5.97 Å². The average Bonchev–Trinajstić information content (AvgIpc) is 3.19. The number of fused-ring (bicyclic) bond motifs is 2. The van der Waals surface area contributed by atoms with Crippen LogP contribution in [0.1, 0.15) is 43.0 Å². The van der Waals surface area contributed by atoms with E-state index in [4.69, 9.17) is 31.0 Å². The number of nitrogens with one attached hydrogen (secondary N) is 1. The molecule has 9 heteroatoms. The highest BCUT2D eigenvalue weighted by molar-refractivity contribution is 7.22. The number of benzene rings is 1. The minimum Gasteiger partial charge on any atom is -0.486 e. The predicted molar refractivity (Wildman–Crippen MR) is 124 cm³/mol. The standard InChI is InChI=1S/C23H24ClN3O4S/c24-19-12-16-21(25-8-7-13-1-6-17-18(11-13)31-10-9-30-17)26-20(27-22(16)32-19)14-2-4-15(5-3-14)23(28)29/h1,6,11-12,14-15H,2-5,7-10H2,(H,28,29)(H,25,26,27). The summed E-state index contributed by atoms with van der Waals surface area (Å²) in [6.07, 6.45) is 3.72. The molecular formula is C23H24ClN3O4S. The van der Waals surface area contributed by atoms with Crippen molar-refractivity contribution in [3.05, 3.63) is 40.0 Å². The average molecular weight is 474 g/mol. The molecule has 1 saturated carbocycles. The van der Waals surface area contributed by atoms with Crippen LogP contribution in [-0.4, -0.2) is 40.8 Å². The fourth-order valence-corrected chi connectivity index (χ4v) is 5.49. The normalized spacial score (nSPS) is 20.3. The maximum Gasteiger partial charge on any atom is 0.306 e. The molecule has 32 heavy (non-hydrogen) atoms. The molecule has 5 rings (SSSR count). The third-order valence-corrected chi connectivity index (χ3v) is 7.29. The van der Waals surface area contributed by atoms with Crippen molar-refractivity contribution in [1.29, 1.82) is 0 Å². The first-order valence-corrected chi connectivity index (χ1v) is 12.1. The van der Waals surface area contributed by atoms with Gasteiger partial charge in [0.15, 0.2) is 11.5 Å². The van der Waals surface area contributed by atoms with Crippen molar-refractivity contribution in [2.75, 3.05) is 25.1 Å².